The van der Waals surface area contributed by atoms with Gasteiger partial charge in [-0.1, -0.05) is 0 Å². The second kappa shape index (κ2) is 3.79. The number of nitrogens with zero attached hydrogens (tertiary/aromatic N) is 1. The quantitative estimate of drug-likeness (QED) is 0.774. The van der Waals surface area contributed by atoms with Gasteiger partial charge in [-0.05, 0) is 53.6 Å². The van der Waals surface area contributed by atoms with Crippen molar-refractivity contribution in [2.75, 3.05) is 12.3 Å². The summed E-state index contributed by atoms with van der Waals surface area (Å²) in [4.78, 5) is 4.15. The van der Waals surface area contributed by atoms with Gasteiger partial charge in [-0.3, -0.25) is 0 Å². The molecular formula is C9H12IN3. The Morgan fingerprint density at radius 3 is 3.08 bits per heavy atom. The summed E-state index contributed by atoms with van der Waals surface area (Å²) in [5.74, 6) is 0.627. The van der Waals surface area contributed by atoms with Crippen LogP contribution in [-0.4, -0.2) is 11.5 Å². The lowest BCUT2D eigenvalue weighted by Crippen LogP contribution is -2.13. The summed E-state index contributed by atoms with van der Waals surface area (Å²) < 4.78 is 1.05. The minimum Gasteiger partial charge on any atom is -0.383 e. The Labute approximate surface area is 91.3 Å². The number of nitrogens with one attached hydrogen (secondary N) is 1. The van der Waals surface area contributed by atoms with E-state index in [0.717, 1.165) is 10.1 Å². The molecule has 0 bridgehead atoms. The zero-order chi connectivity index (χ0) is 9.26. The molecule has 0 unspecified atom stereocenters. The SMILES string of the molecule is Nc1ncc([C@@H]2CCCN2)cc1I. The van der Waals surface area contributed by atoms with Crippen LogP contribution in [0.2, 0.25) is 0 Å². The second-order valence-corrected chi connectivity index (χ2v) is 4.45. The molecule has 0 aliphatic carbocycles. The van der Waals surface area contributed by atoms with E-state index >= 15 is 0 Å². The molecule has 4 heteroatoms. The van der Waals surface area contributed by atoms with Crippen molar-refractivity contribution in [2.45, 2.75) is 18.9 Å². The summed E-state index contributed by atoms with van der Waals surface area (Å²) in [5.41, 5.74) is 6.91. The van der Waals surface area contributed by atoms with Gasteiger partial charge in [0.1, 0.15) is 5.82 Å². The Morgan fingerprint density at radius 1 is 1.62 bits per heavy atom. The highest BCUT2D eigenvalue weighted by Gasteiger charge is 2.16. The third-order valence-corrected chi connectivity index (χ3v) is 3.22. The number of aromatic nitrogens is 1. The molecule has 3 nitrogen and oxygen atoms in total. The maximum absolute atomic E-state index is 5.65. The Bertz CT molecular complexity index is 308. The molecule has 1 aliphatic heterocycles. The molecule has 1 saturated heterocycles. The van der Waals surface area contributed by atoms with Crippen molar-refractivity contribution >= 4 is 28.4 Å². The minimum absolute atomic E-state index is 0.488. The zero-order valence-electron chi connectivity index (χ0n) is 7.26. The third-order valence-electron chi connectivity index (χ3n) is 2.35. The lowest BCUT2D eigenvalue weighted by atomic mass is 10.1. The lowest BCUT2D eigenvalue weighted by Gasteiger charge is -2.10. The number of hydrogen-bond donors (Lipinski definition) is 2. The molecule has 1 aromatic rings. The van der Waals surface area contributed by atoms with Crippen molar-refractivity contribution in [1.82, 2.24) is 10.3 Å². The zero-order valence-corrected chi connectivity index (χ0v) is 9.41. The van der Waals surface area contributed by atoms with Crippen LogP contribution in [0.25, 0.3) is 0 Å². The maximum Gasteiger partial charge on any atom is 0.136 e. The maximum atomic E-state index is 5.65. The summed E-state index contributed by atoms with van der Waals surface area (Å²) in [6.07, 6.45) is 4.34. The first-order valence-corrected chi connectivity index (χ1v) is 5.49. The molecule has 0 aromatic carbocycles. The second-order valence-electron chi connectivity index (χ2n) is 3.28. The van der Waals surface area contributed by atoms with Gasteiger partial charge < -0.3 is 11.1 Å². The number of halogens is 1. The van der Waals surface area contributed by atoms with Crippen LogP contribution in [0.3, 0.4) is 0 Å². The fraction of sp³-hybridized carbons (Fsp3) is 0.444. The number of rotatable bonds is 1. The van der Waals surface area contributed by atoms with Gasteiger partial charge in [-0.25, -0.2) is 4.98 Å². The molecule has 1 aliphatic rings. The van der Waals surface area contributed by atoms with Crippen LogP contribution < -0.4 is 11.1 Å². The fourth-order valence-corrected chi connectivity index (χ4v) is 2.12. The summed E-state index contributed by atoms with van der Waals surface area (Å²) >= 11 is 2.22. The van der Waals surface area contributed by atoms with Gasteiger partial charge in [0.2, 0.25) is 0 Å². The van der Waals surface area contributed by atoms with Crippen LogP contribution in [0.1, 0.15) is 24.4 Å². The van der Waals surface area contributed by atoms with Gasteiger partial charge in [0.25, 0.3) is 0 Å². The molecule has 13 heavy (non-hydrogen) atoms. The molecule has 0 amide bonds. The van der Waals surface area contributed by atoms with Gasteiger partial charge in [0.15, 0.2) is 0 Å². The van der Waals surface area contributed by atoms with Gasteiger partial charge in [-0.15, -0.1) is 0 Å². The summed E-state index contributed by atoms with van der Waals surface area (Å²) in [7, 11) is 0. The number of nitrogens with two attached hydrogens (primary N) is 1. The van der Waals surface area contributed by atoms with Gasteiger partial charge in [0, 0.05) is 12.2 Å². The number of pyridine rings is 1. The Hall–Kier alpha value is -0.360. The first-order chi connectivity index (χ1) is 6.27. The molecule has 0 spiro atoms. The molecule has 0 saturated carbocycles. The van der Waals surface area contributed by atoms with E-state index in [4.69, 9.17) is 5.73 Å². The Morgan fingerprint density at radius 2 is 2.46 bits per heavy atom. The number of anilines is 1. The van der Waals surface area contributed by atoms with E-state index in [1.54, 1.807) is 0 Å². The molecule has 70 valence electrons. The molecule has 1 atom stereocenters. The van der Waals surface area contributed by atoms with Crippen LogP contribution in [0.15, 0.2) is 12.3 Å². The van der Waals surface area contributed by atoms with Crippen molar-refractivity contribution in [2.24, 2.45) is 0 Å². The van der Waals surface area contributed by atoms with E-state index in [9.17, 15) is 0 Å². The Balaban J connectivity index is 2.25. The molecule has 0 radical (unpaired) electrons. The lowest BCUT2D eigenvalue weighted by molar-refractivity contribution is 0.645. The molecule has 1 fully saturated rings. The highest BCUT2D eigenvalue weighted by atomic mass is 127. The van der Waals surface area contributed by atoms with Crippen LogP contribution in [0.5, 0.6) is 0 Å². The number of hydrogen-bond acceptors (Lipinski definition) is 3. The summed E-state index contributed by atoms with van der Waals surface area (Å²) in [5, 5.41) is 3.44. The largest absolute Gasteiger partial charge is 0.383 e. The first-order valence-electron chi connectivity index (χ1n) is 4.41. The topological polar surface area (TPSA) is 50.9 Å². The minimum atomic E-state index is 0.488. The van der Waals surface area contributed by atoms with Crippen LogP contribution in [0, 0.1) is 3.57 Å². The van der Waals surface area contributed by atoms with Crippen molar-refractivity contribution in [3.05, 3.63) is 21.4 Å². The number of nitrogen functional groups attached to an aromatic ring is 1. The fourth-order valence-electron chi connectivity index (χ4n) is 1.62. The van der Waals surface area contributed by atoms with E-state index in [1.807, 2.05) is 6.20 Å². The van der Waals surface area contributed by atoms with Crippen molar-refractivity contribution in [1.29, 1.82) is 0 Å². The monoisotopic (exact) mass is 289 g/mol. The molecule has 1 aromatic heterocycles. The standard InChI is InChI=1S/C9H12IN3/c10-7-4-6(5-13-9(7)11)8-2-1-3-12-8/h4-5,8,12H,1-3H2,(H2,11,13)/t8-/m0/s1. The molecule has 2 rings (SSSR count). The van der Waals surface area contributed by atoms with Gasteiger partial charge >= 0.3 is 0 Å². The first kappa shape index (κ1) is 9.21. The average molecular weight is 289 g/mol. The summed E-state index contributed by atoms with van der Waals surface area (Å²) in [6.45, 7) is 1.12. The van der Waals surface area contributed by atoms with Crippen LogP contribution in [0.4, 0.5) is 5.82 Å². The van der Waals surface area contributed by atoms with Crippen LogP contribution >= 0.6 is 22.6 Å². The normalized spacial score (nSPS) is 22.1. The highest BCUT2D eigenvalue weighted by Crippen LogP contribution is 2.24. The third kappa shape index (κ3) is 1.94. The van der Waals surface area contributed by atoms with Crippen molar-refractivity contribution in [3.63, 3.8) is 0 Å². The van der Waals surface area contributed by atoms with Crippen LogP contribution in [-0.2, 0) is 0 Å². The van der Waals surface area contributed by atoms with Gasteiger partial charge in [-0.2, -0.15) is 0 Å². The smallest absolute Gasteiger partial charge is 0.136 e. The van der Waals surface area contributed by atoms with E-state index < -0.39 is 0 Å². The van der Waals surface area contributed by atoms with Crippen molar-refractivity contribution < 1.29 is 0 Å². The summed E-state index contributed by atoms with van der Waals surface area (Å²) in [6, 6.07) is 2.60. The molecule has 3 N–H and O–H groups in total. The van der Waals surface area contributed by atoms with E-state index in [1.165, 1.54) is 18.4 Å². The van der Waals surface area contributed by atoms with E-state index in [2.05, 4.69) is 39.0 Å². The van der Waals surface area contributed by atoms with E-state index in [-0.39, 0.29) is 0 Å². The van der Waals surface area contributed by atoms with Gasteiger partial charge in [0.05, 0.1) is 3.57 Å². The predicted molar refractivity (Wildman–Crippen MR) is 61.3 cm³/mol. The molecule has 2 heterocycles. The van der Waals surface area contributed by atoms with Crippen molar-refractivity contribution in [3.8, 4) is 0 Å². The average Bonchev–Trinajstić information content (AvgIpc) is 2.62. The van der Waals surface area contributed by atoms with E-state index in [0.29, 0.717) is 11.9 Å². The molecular weight excluding hydrogens is 277 g/mol. The Kier molecular flexibility index (Phi) is 2.69. The highest BCUT2D eigenvalue weighted by molar-refractivity contribution is 14.1. The predicted octanol–water partition coefficient (Wildman–Crippen LogP) is 1.69.